The van der Waals surface area contributed by atoms with E-state index in [9.17, 15) is 12.8 Å². The van der Waals surface area contributed by atoms with Crippen LogP contribution in [0.2, 0.25) is 5.02 Å². The fraction of sp³-hybridized carbons (Fsp3) is 0.273. The maximum atomic E-state index is 13.6. The molecule has 0 radical (unpaired) electrons. The zero-order chi connectivity index (χ0) is 13.9. The van der Waals surface area contributed by atoms with Gasteiger partial charge in [-0.1, -0.05) is 23.3 Å². The number of nitrogen functional groups attached to an aromatic ring is 1. The van der Waals surface area contributed by atoms with Crippen molar-refractivity contribution >= 4 is 27.3 Å². The molecule has 0 heterocycles. The second-order valence-corrected chi connectivity index (χ2v) is 6.11. The molecule has 0 saturated heterocycles. The average molecular weight is 293 g/mol. The Labute approximate surface area is 111 Å². The Kier molecular flexibility index (Phi) is 4.72. The normalized spacial score (nSPS) is 11.3. The molecule has 0 spiro atoms. The van der Waals surface area contributed by atoms with Crippen LogP contribution in [0.25, 0.3) is 0 Å². The summed E-state index contributed by atoms with van der Waals surface area (Å²) in [5, 5.41) is 0.0662. The lowest BCUT2D eigenvalue weighted by Crippen LogP contribution is -2.25. The van der Waals surface area contributed by atoms with Gasteiger partial charge in [-0.05, 0) is 26.0 Å². The van der Waals surface area contributed by atoms with Crippen molar-refractivity contribution in [1.29, 1.82) is 0 Å². The van der Waals surface area contributed by atoms with E-state index in [-0.39, 0.29) is 17.3 Å². The summed E-state index contributed by atoms with van der Waals surface area (Å²) in [6.07, 6.45) is 1.67. The van der Waals surface area contributed by atoms with Gasteiger partial charge in [-0.2, -0.15) is 0 Å². The minimum atomic E-state index is -3.97. The number of halogens is 2. The number of sulfonamides is 1. The predicted molar refractivity (Wildman–Crippen MR) is 70.4 cm³/mol. The molecule has 0 aliphatic heterocycles. The van der Waals surface area contributed by atoms with Gasteiger partial charge in [-0.3, -0.25) is 0 Å². The first-order valence-corrected chi connectivity index (χ1v) is 6.97. The lowest BCUT2D eigenvalue weighted by atomic mass is 10.3. The second-order valence-electron chi connectivity index (χ2n) is 3.94. The standard InChI is InChI=1S/C11H14ClFN2O2S/c1-7(2)3-4-15-18(16,17)10-6-8(12)5-9(14)11(10)13/h3,5-6,15H,4,14H2,1-2H3. The van der Waals surface area contributed by atoms with E-state index in [0.29, 0.717) is 0 Å². The Morgan fingerprint density at radius 3 is 2.67 bits per heavy atom. The van der Waals surface area contributed by atoms with Gasteiger partial charge >= 0.3 is 0 Å². The van der Waals surface area contributed by atoms with E-state index in [0.717, 1.165) is 17.7 Å². The van der Waals surface area contributed by atoms with Crippen molar-refractivity contribution in [3.05, 3.63) is 34.6 Å². The fourth-order valence-corrected chi connectivity index (χ4v) is 2.60. The highest BCUT2D eigenvalue weighted by Crippen LogP contribution is 2.24. The van der Waals surface area contributed by atoms with Gasteiger partial charge in [0.1, 0.15) is 4.90 Å². The van der Waals surface area contributed by atoms with E-state index in [2.05, 4.69) is 4.72 Å². The molecule has 0 fully saturated rings. The summed E-state index contributed by atoms with van der Waals surface area (Å²) in [4.78, 5) is -0.547. The molecule has 0 aliphatic carbocycles. The Hall–Kier alpha value is -1.11. The van der Waals surface area contributed by atoms with Crippen LogP contribution in [0.4, 0.5) is 10.1 Å². The van der Waals surface area contributed by atoms with Gasteiger partial charge < -0.3 is 5.73 Å². The third-order valence-electron chi connectivity index (χ3n) is 2.11. The highest BCUT2D eigenvalue weighted by Gasteiger charge is 2.20. The number of benzene rings is 1. The van der Waals surface area contributed by atoms with Gasteiger partial charge in [0.05, 0.1) is 5.69 Å². The SMILES string of the molecule is CC(C)=CCNS(=O)(=O)c1cc(Cl)cc(N)c1F. The topological polar surface area (TPSA) is 72.2 Å². The molecule has 1 aromatic carbocycles. The first-order chi connectivity index (χ1) is 8.24. The molecule has 1 aromatic rings. The third-order valence-corrected chi connectivity index (χ3v) is 3.75. The van der Waals surface area contributed by atoms with Crippen LogP contribution in [0, 0.1) is 5.82 Å². The summed E-state index contributed by atoms with van der Waals surface area (Å²) in [5.41, 5.74) is 5.98. The third kappa shape index (κ3) is 3.69. The highest BCUT2D eigenvalue weighted by atomic mass is 35.5. The van der Waals surface area contributed by atoms with Crippen LogP contribution >= 0.6 is 11.6 Å². The zero-order valence-corrected chi connectivity index (χ0v) is 11.6. The zero-order valence-electron chi connectivity index (χ0n) is 10.00. The molecular formula is C11H14ClFN2O2S. The molecule has 100 valence electrons. The first kappa shape index (κ1) is 14.9. The number of nitrogens with one attached hydrogen (secondary N) is 1. The number of anilines is 1. The molecule has 0 bridgehead atoms. The summed E-state index contributed by atoms with van der Waals surface area (Å²) < 4.78 is 39.6. The molecule has 0 atom stereocenters. The summed E-state index contributed by atoms with van der Waals surface area (Å²) >= 11 is 5.66. The fourth-order valence-electron chi connectivity index (χ4n) is 1.21. The van der Waals surface area contributed by atoms with Crippen molar-refractivity contribution in [2.45, 2.75) is 18.7 Å². The van der Waals surface area contributed by atoms with Crippen molar-refractivity contribution < 1.29 is 12.8 Å². The van der Waals surface area contributed by atoms with Gasteiger partial charge in [0.25, 0.3) is 0 Å². The molecule has 18 heavy (non-hydrogen) atoms. The Morgan fingerprint density at radius 2 is 2.11 bits per heavy atom. The van der Waals surface area contributed by atoms with E-state index in [1.807, 2.05) is 13.8 Å². The number of hydrogen-bond donors (Lipinski definition) is 2. The molecule has 0 aliphatic rings. The number of rotatable bonds is 4. The van der Waals surface area contributed by atoms with Crippen LogP contribution in [0.1, 0.15) is 13.8 Å². The van der Waals surface area contributed by atoms with Crippen molar-refractivity contribution in [2.75, 3.05) is 12.3 Å². The predicted octanol–water partition coefficient (Wildman–Crippen LogP) is 2.31. The summed E-state index contributed by atoms with van der Waals surface area (Å²) in [6.45, 7) is 3.73. The van der Waals surface area contributed by atoms with E-state index in [1.54, 1.807) is 6.08 Å². The van der Waals surface area contributed by atoms with Crippen molar-refractivity contribution in [1.82, 2.24) is 4.72 Å². The second kappa shape index (κ2) is 5.69. The van der Waals surface area contributed by atoms with Crippen molar-refractivity contribution in [2.24, 2.45) is 0 Å². The number of allylic oxidation sites excluding steroid dienone is 1. The molecule has 1 rings (SSSR count). The Morgan fingerprint density at radius 1 is 1.50 bits per heavy atom. The molecule has 7 heteroatoms. The van der Waals surface area contributed by atoms with Gasteiger partial charge in [-0.25, -0.2) is 17.5 Å². The minimum Gasteiger partial charge on any atom is -0.396 e. The van der Waals surface area contributed by atoms with Crippen molar-refractivity contribution in [3.63, 3.8) is 0 Å². The van der Waals surface area contributed by atoms with E-state index < -0.39 is 20.7 Å². The number of nitrogens with two attached hydrogens (primary N) is 1. The maximum Gasteiger partial charge on any atom is 0.243 e. The van der Waals surface area contributed by atoms with Gasteiger partial charge in [0.2, 0.25) is 10.0 Å². The smallest absolute Gasteiger partial charge is 0.243 e. The molecule has 0 saturated carbocycles. The summed E-state index contributed by atoms with van der Waals surface area (Å²) in [7, 11) is -3.97. The molecule has 3 N–H and O–H groups in total. The monoisotopic (exact) mass is 292 g/mol. The lowest BCUT2D eigenvalue weighted by Gasteiger charge is -2.08. The average Bonchev–Trinajstić information content (AvgIpc) is 2.22. The molecule has 4 nitrogen and oxygen atoms in total. The molecule has 0 amide bonds. The van der Waals surface area contributed by atoms with Crippen LogP contribution in [-0.4, -0.2) is 15.0 Å². The van der Waals surface area contributed by atoms with E-state index in [1.165, 1.54) is 0 Å². The largest absolute Gasteiger partial charge is 0.396 e. The Balaban J connectivity index is 3.09. The maximum absolute atomic E-state index is 13.6. The van der Waals surface area contributed by atoms with Gasteiger partial charge in [-0.15, -0.1) is 0 Å². The van der Waals surface area contributed by atoms with E-state index in [4.69, 9.17) is 17.3 Å². The van der Waals surface area contributed by atoms with Crippen LogP contribution in [-0.2, 0) is 10.0 Å². The minimum absolute atomic E-state index is 0.0662. The van der Waals surface area contributed by atoms with Gasteiger partial charge in [0, 0.05) is 11.6 Å². The molecule has 0 aromatic heterocycles. The Bertz CT molecular complexity index is 581. The van der Waals surface area contributed by atoms with Crippen LogP contribution < -0.4 is 10.5 Å². The van der Waals surface area contributed by atoms with Gasteiger partial charge in [0.15, 0.2) is 5.82 Å². The van der Waals surface area contributed by atoms with Crippen LogP contribution in [0.5, 0.6) is 0 Å². The van der Waals surface area contributed by atoms with E-state index >= 15 is 0 Å². The lowest BCUT2D eigenvalue weighted by molar-refractivity contribution is 0.561. The molecular weight excluding hydrogens is 279 g/mol. The highest BCUT2D eigenvalue weighted by molar-refractivity contribution is 7.89. The first-order valence-electron chi connectivity index (χ1n) is 5.11. The van der Waals surface area contributed by atoms with Crippen molar-refractivity contribution in [3.8, 4) is 0 Å². The molecule has 0 unspecified atom stereocenters. The van der Waals surface area contributed by atoms with Crippen LogP contribution in [0.15, 0.2) is 28.7 Å². The summed E-state index contributed by atoms with van der Waals surface area (Å²) in [5.74, 6) is -0.996. The van der Waals surface area contributed by atoms with Crippen LogP contribution in [0.3, 0.4) is 0 Å². The quantitative estimate of drug-likeness (QED) is 0.661. The number of hydrogen-bond acceptors (Lipinski definition) is 3. The summed E-state index contributed by atoms with van der Waals surface area (Å²) in [6, 6.07) is 2.18.